The third kappa shape index (κ3) is 5.90. The number of aryl methyl sites for hydroxylation is 1. The molecule has 1 aromatic carbocycles. The number of nitrogens with zero attached hydrogens (tertiary/aromatic N) is 4. The van der Waals surface area contributed by atoms with Gasteiger partial charge in [-0.1, -0.05) is 11.6 Å². The van der Waals surface area contributed by atoms with E-state index in [4.69, 9.17) is 21.1 Å². The van der Waals surface area contributed by atoms with E-state index in [0.717, 1.165) is 12.3 Å². The van der Waals surface area contributed by atoms with E-state index in [1.807, 2.05) is 0 Å². The minimum Gasteiger partial charge on any atom is -0.465 e. The Morgan fingerprint density at radius 2 is 1.78 bits per heavy atom. The van der Waals surface area contributed by atoms with Crippen LogP contribution in [0.15, 0.2) is 30.6 Å². The lowest BCUT2D eigenvalue weighted by atomic mass is 10.0. The van der Waals surface area contributed by atoms with Crippen molar-refractivity contribution in [3.05, 3.63) is 53.0 Å². The summed E-state index contributed by atoms with van der Waals surface area (Å²) >= 11 is 6.17. The van der Waals surface area contributed by atoms with Gasteiger partial charge in [-0.2, -0.15) is 18.3 Å². The fourth-order valence-corrected chi connectivity index (χ4v) is 3.36. The molecule has 0 spiro atoms. The molecule has 0 aliphatic rings. The van der Waals surface area contributed by atoms with Crippen LogP contribution in [0.4, 0.5) is 28.9 Å². The second-order valence-corrected chi connectivity index (χ2v) is 7.60. The van der Waals surface area contributed by atoms with Crippen LogP contribution in [0.25, 0.3) is 11.3 Å². The van der Waals surface area contributed by atoms with Crippen molar-refractivity contribution < 1.29 is 36.6 Å². The molecule has 3 aromatic rings. The van der Waals surface area contributed by atoms with Crippen molar-refractivity contribution in [1.29, 1.82) is 0 Å². The van der Waals surface area contributed by atoms with Crippen molar-refractivity contribution in [2.24, 2.45) is 7.05 Å². The number of aromatic nitrogens is 4. The van der Waals surface area contributed by atoms with Crippen molar-refractivity contribution in [1.82, 2.24) is 19.7 Å². The first-order valence-corrected chi connectivity index (χ1v) is 10.9. The van der Waals surface area contributed by atoms with E-state index in [1.165, 1.54) is 24.0 Å². The summed E-state index contributed by atoms with van der Waals surface area (Å²) in [7, 11) is 1.53. The third-order valence-electron chi connectivity index (χ3n) is 4.74. The van der Waals surface area contributed by atoms with Gasteiger partial charge in [0.25, 0.3) is 0 Å². The fraction of sp³-hybridized carbons (Fsp3) is 0.318. The summed E-state index contributed by atoms with van der Waals surface area (Å²) in [6.45, 7) is 3.04. The Hall–Kier alpha value is -3.74. The lowest BCUT2D eigenvalue weighted by Crippen LogP contribution is -2.28. The Balaban J connectivity index is 2.00. The summed E-state index contributed by atoms with van der Waals surface area (Å²) in [6, 6.07) is 2.62. The summed E-state index contributed by atoms with van der Waals surface area (Å²) < 4.78 is 66.4. The number of nitrogens with one attached hydrogen (secondary N) is 1. The molecule has 3 rings (SSSR count). The van der Waals surface area contributed by atoms with Gasteiger partial charge in [-0.05, 0) is 32.0 Å². The Morgan fingerprint density at radius 1 is 1.14 bits per heavy atom. The monoisotopic (exact) mass is 529 g/mol. The molecule has 0 amide bonds. The summed E-state index contributed by atoms with van der Waals surface area (Å²) in [5, 5.41) is 6.18. The smallest absolute Gasteiger partial charge is 0.417 e. The third-order valence-corrected chi connectivity index (χ3v) is 5.02. The van der Waals surface area contributed by atoms with E-state index >= 15 is 0 Å². The van der Waals surface area contributed by atoms with Crippen molar-refractivity contribution in [2.75, 3.05) is 18.5 Å². The molecule has 1 N–H and O–H groups in total. The second-order valence-electron chi connectivity index (χ2n) is 7.24. The number of anilines is 2. The van der Waals surface area contributed by atoms with E-state index in [1.54, 1.807) is 13.8 Å². The largest absolute Gasteiger partial charge is 0.465 e. The van der Waals surface area contributed by atoms with E-state index in [0.29, 0.717) is 6.07 Å². The summed E-state index contributed by atoms with van der Waals surface area (Å²) in [5.74, 6) is -5.08. The molecule has 0 aliphatic heterocycles. The van der Waals surface area contributed by atoms with Crippen LogP contribution in [0.3, 0.4) is 0 Å². The minimum absolute atomic E-state index is 0.0199. The zero-order valence-corrected chi connectivity index (χ0v) is 19.9. The molecule has 0 aliphatic carbocycles. The first-order chi connectivity index (χ1) is 17.0. The Labute approximate surface area is 207 Å². The van der Waals surface area contributed by atoms with Gasteiger partial charge in [-0.25, -0.2) is 14.4 Å². The maximum Gasteiger partial charge on any atom is 0.417 e. The molecule has 192 valence electrons. The normalized spacial score (nSPS) is 11.5. The average Bonchev–Trinajstić information content (AvgIpc) is 3.22. The highest BCUT2D eigenvalue weighted by Gasteiger charge is 2.36. The molecule has 14 heteroatoms. The second kappa shape index (κ2) is 10.9. The minimum atomic E-state index is -4.84. The SMILES string of the molecule is CCOC(=O)C(C(=O)OCC)c1ncc(Nc2cc(-c3ccn(C)n3)c(C(F)(F)F)cc2F)c(Cl)n1. The van der Waals surface area contributed by atoms with E-state index in [2.05, 4.69) is 20.4 Å². The van der Waals surface area contributed by atoms with E-state index in [-0.39, 0.29) is 46.8 Å². The molecule has 0 saturated carbocycles. The Kier molecular flexibility index (Phi) is 8.13. The van der Waals surface area contributed by atoms with Gasteiger partial charge in [0.15, 0.2) is 11.0 Å². The maximum atomic E-state index is 14.7. The molecule has 0 radical (unpaired) electrons. The Morgan fingerprint density at radius 3 is 2.28 bits per heavy atom. The molecule has 0 fully saturated rings. The first kappa shape index (κ1) is 26.9. The molecule has 2 heterocycles. The van der Waals surface area contributed by atoms with Gasteiger partial charge >= 0.3 is 18.1 Å². The summed E-state index contributed by atoms with van der Waals surface area (Å²) in [6.07, 6.45) is -2.35. The van der Waals surface area contributed by atoms with Crippen LogP contribution in [0.1, 0.15) is 31.2 Å². The highest BCUT2D eigenvalue weighted by atomic mass is 35.5. The predicted molar refractivity (Wildman–Crippen MR) is 120 cm³/mol. The molecule has 2 aromatic heterocycles. The van der Waals surface area contributed by atoms with Crippen molar-refractivity contribution in [2.45, 2.75) is 25.9 Å². The number of hydrogen-bond acceptors (Lipinski definition) is 8. The highest BCUT2D eigenvalue weighted by molar-refractivity contribution is 6.32. The van der Waals surface area contributed by atoms with Crippen molar-refractivity contribution in [3.8, 4) is 11.3 Å². The number of halogens is 5. The molecule has 0 atom stereocenters. The zero-order chi connectivity index (χ0) is 26.6. The van der Waals surface area contributed by atoms with Gasteiger partial charge in [0.05, 0.1) is 42.0 Å². The van der Waals surface area contributed by atoms with Gasteiger partial charge in [0, 0.05) is 18.8 Å². The molecule has 0 bridgehead atoms. The van der Waals surface area contributed by atoms with E-state index in [9.17, 15) is 27.2 Å². The van der Waals surface area contributed by atoms with Crippen LogP contribution >= 0.6 is 11.6 Å². The first-order valence-electron chi connectivity index (χ1n) is 10.5. The molecule has 0 saturated heterocycles. The molecular weight excluding hydrogens is 510 g/mol. The van der Waals surface area contributed by atoms with Crippen LogP contribution in [0, 0.1) is 5.82 Å². The van der Waals surface area contributed by atoms with Crippen LogP contribution in [0.5, 0.6) is 0 Å². The molecular formula is C22H20ClF4N5O4. The molecule has 9 nitrogen and oxygen atoms in total. The van der Waals surface area contributed by atoms with Crippen LogP contribution in [-0.4, -0.2) is 44.9 Å². The van der Waals surface area contributed by atoms with Gasteiger partial charge in [0.1, 0.15) is 5.82 Å². The number of hydrogen-bond donors (Lipinski definition) is 1. The van der Waals surface area contributed by atoms with Gasteiger partial charge < -0.3 is 14.8 Å². The maximum absolute atomic E-state index is 14.7. The van der Waals surface area contributed by atoms with Gasteiger partial charge in [-0.15, -0.1) is 0 Å². The quantitative estimate of drug-likeness (QED) is 0.194. The lowest BCUT2D eigenvalue weighted by molar-refractivity contribution is -0.157. The number of alkyl halides is 3. The van der Waals surface area contributed by atoms with Crippen LogP contribution < -0.4 is 5.32 Å². The number of rotatable bonds is 8. The lowest BCUT2D eigenvalue weighted by Gasteiger charge is -2.17. The van der Waals surface area contributed by atoms with Crippen molar-refractivity contribution in [3.63, 3.8) is 0 Å². The topological polar surface area (TPSA) is 108 Å². The highest BCUT2D eigenvalue weighted by Crippen LogP contribution is 2.40. The molecule has 36 heavy (non-hydrogen) atoms. The molecule has 0 unspecified atom stereocenters. The predicted octanol–water partition coefficient (Wildman–Crippen LogP) is 4.64. The zero-order valence-electron chi connectivity index (χ0n) is 19.2. The van der Waals surface area contributed by atoms with E-state index < -0.39 is 35.4 Å². The van der Waals surface area contributed by atoms with Gasteiger partial charge in [0.2, 0.25) is 5.92 Å². The number of carbonyl (C=O) groups excluding carboxylic acids is 2. The number of ether oxygens (including phenoxy) is 2. The number of benzene rings is 1. The van der Waals surface area contributed by atoms with Crippen LogP contribution in [-0.2, 0) is 32.3 Å². The number of esters is 2. The number of carbonyl (C=O) groups is 2. The van der Waals surface area contributed by atoms with Crippen molar-refractivity contribution >= 4 is 34.9 Å². The summed E-state index contributed by atoms with van der Waals surface area (Å²) in [5.41, 5.74) is -2.08. The summed E-state index contributed by atoms with van der Waals surface area (Å²) in [4.78, 5) is 32.4. The van der Waals surface area contributed by atoms with Gasteiger partial charge in [-0.3, -0.25) is 14.3 Å². The Bertz CT molecular complexity index is 1260. The average molecular weight is 530 g/mol. The fourth-order valence-electron chi connectivity index (χ4n) is 3.17. The standard InChI is InChI=1S/C22H20ClF4N5O4/c1-4-35-20(33)17(21(34)36-5-2)19-28-10-16(18(23)30-19)29-15-8-11(14-6-7-32(3)31-14)12(9-13(15)24)22(25,26)27/h6-10,17,29H,4-5H2,1-3H3. The van der Waals surface area contributed by atoms with Crippen LogP contribution in [0.2, 0.25) is 5.15 Å².